The predicted octanol–water partition coefficient (Wildman–Crippen LogP) is 2.37. The largest absolute Gasteiger partial charge is 0.380 e. The van der Waals surface area contributed by atoms with Crippen LogP contribution in [0.2, 0.25) is 0 Å². The van der Waals surface area contributed by atoms with E-state index in [-0.39, 0.29) is 5.54 Å². The quantitative estimate of drug-likeness (QED) is 0.800. The molecule has 0 amide bonds. The van der Waals surface area contributed by atoms with Crippen LogP contribution in [0.3, 0.4) is 0 Å². The minimum absolute atomic E-state index is 0.156. The Kier molecular flexibility index (Phi) is 4.30. The summed E-state index contributed by atoms with van der Waals surface area (Å²) >= 11 is 0. The van der Waals surface area contributed by atoms with Gasteiger partial charge < -0.3 is 10.1 Å². The van der Waals surface area contributed by atoms with E-state index in [0.717, 1.165) is 6.42 Å². The Morgan fingerprint density at radius 1 is 1.13 bits per heavy atom. The average molecular weight is 207 g/mol. The summed E-state index contributed by atoms with van der Waals surface area (Å²) in [5.41, 5.74) is 2.74. The Bertz CT molecular complexity index is 290. The Morgan fingerprint density at radius 3 is 2.13 bits per heavy atom. The highest BCUT2D eigenvalue weighted by Gasteiger charge is 2.14. The molecule has 84 valence electrons. The van der Waals surface area contributed by atoms with Crippen molar-refractivity contribution in [3.8, 4) is 0 Å². The first-order valence-electron chi connectivity index (χ1n) is 5.33. The van der Waals surface area contributed by atoms with E-state index in [4.69, 9.17) is 4.74 Å². The third-order valence-electron chi connectivity index (χ3n) is 2.66. The first-order chi connectivity index (χ1) is 7.07. The third kappa shape index (κ3) is 4.02. The Morgan fingerprint density at radius 2 is 1.67 bits per heavy atom. The van der Waals surface area contributed by atoms with Crippen molar-refractivity contribution in [3.05, 3.63) is 35.4 Å². The molecule has 0 bridgehead atoms. The van der Waals surface area contributed by atoms with Gasteiger partial charge in [-0.2, -0.15) is 0 Å². The normalized spacial score (nSPS) is 11.7. The molecule has 1 N–H and O–H groups in total. The molecule has 0 heterocycles. The molecule has 0 saturated heterocycles. The first kappa shape index (κ1) is 12.2. The Hall–Kier alpha value is -0.860. The maximum absolute atomic E-state index is 5.08. The summed E-state index contributed by atoms with van der Waals surface area (Å²) < 4.78 is 5.08. The highest BCUT2D eigenvalue weighted by atomic mass is 16.5. The Balaban J connectivity index is 2.64. The molecule has 0 aliphatic carbocycles. The molecule has 0 saturated carbocycles. The van der Waals surface area contributed by atoms with Crippen LogP contribution in [0.15, 0.2) is 24.3 Å². The zero-order valence-electron chi connectivity index (χ0n) is 10.1. The van der Waals surface area contributed by atoms with Crippen LogP contribution in [0.1, 0.15) is 25.0 Å². The molecule has 0 spiro atoms. The van der Waals surface area contributed by atoms with Gasteiger partial charge in [0, 0.05) is 12.6 Å². The number of methoxy groups -OCH3 is 1. The van der Waals surface area contributed by atoms with Crippen molar-refractivity contribution in [1.82, 2.24) is 5.32 Å². The van der Waals surface area contributed by atoms with Gasteiger partial charge in [0.1, 0.15) is 0 Å². The molecule has 0 atom stereocenters. The van der Waals surface area contributed by atoms with Gasteiger partial charge in [-0.3, -0.25) is 0 Å². The summed E-state index contributed by atoms with van der Waals surface area (Å²) in [4.78, 5) is 0. The molecule has 15 heavy (non-hydrogen) atoms. The van der Waals surface area contributed by atoms with Crippen LogP contribution in [0, 0.1) is 0 Å². The summed E-state index contributed by atoms with van der Waals surface area (Å²) in [6, 6.07) is 8.61. The van der Waals surface area contributed by atoms with Crippen molar-refractivity contribution in [2.45, 2.75) is 32.4 Å². The number of ether oxygens (including phenoxy) is 1. The van der Waals surface area contributed by atoms with Crippen LogP contribution in [-0.4, -0.2) is 19.7 Å². The van der Waals surface area contributed by atoms with Gasteiger partial charge in [-0.1, -0.05) is 24.3 Å². The fraction of sp³-hybridized carbons (Fsp3) is 0.538. The molecule has 0 aliphatic heterocycles. The van der Waals surface area contributed by atoms with E-state index in [9.17, 15) is 0 Å². The average Bonchev–Trinajstić information content (AvgIpc) is 2.21. The van der Waals surface area contributed by atoms with Gasteiger partial charge in [0.2, 0.25) is 0 Å². The van der Waals surface area contributed by atoms with E-state index in [2.05, 4.69) is 43.4 Å². The van der Waals surface area contributed by atoms with E-state index in [1.54, 1.807) is 7.11 Å². The topological polar surface area (TPSA) is 21.3 Å². The molecule has 1 aromatic carbocycles. The molecule has 2 heteroatoms. The fourth-order valence-corrected chi connectivity index (χ4v) is 1.52. The zero-order valence-corrected chi connectivity index (χ0v) is 10.1. The molecular formula is C13H21NO. The van der Waals surface area contributed by atoms with E-state index in [0.29, 0.717) is 6.61 Å². The molecule has 0 radical (unpaired) electrons. The van der Waals surface area contributed by atoms with Crippen LogP contribution < -0.4 is 5.32 Å². The number of hydrogen-bond donors (Lipinski definition) is 1. The number of rotatable bonds is 5. The van der Waals surface area contributed by atoms with Crippen molar-refractivity contribution in [2.75, 3.05) is 14.2 Å². The monoisotopic (exact) mass is 207 g/mol. The standard InChI is InChI=1S/C13H21NO/c1-13(2,14-3)9-11-5-7-12(8-6-11)10-15-4/h5-8,14H,9-10H2,1-4H3. The number of likely N-dealkylation sites (N-methyl/N-ethyl adjacent to an activating group) is 1. The Labute approximate surface area is 92.6 Å². The van der Waals surface area contributed by atoms with Gasteiger partial charge in [-0.25, -0.2) is 0 Å². The summed E-state index contributed by atoms with van der Waals surface area (Å²) in [7, 11) is 3.72. The lowest BCUT2D eigenvalue weighted by Crippen LogP contribution is -2.38. The van der Waals surface area contributed by atoms with Crippen molar-refractivity contribution in [2.24, 2.45) is 0 Å². The highest BCUT2D eigenvalue weighted by Crippen LogP contribution is 2.13. The predicted molar refractivity (Wildman–Crippen MR) is 64.0 cm³/mol. The van der Waals surface area contributed by atoms with Gasteiger partial charge >= 0.3 is 0 Å². The lowest BCUT2D eigenvalue weighted by atomic mass is 9.95. The zero-order chi connectivity index (χ0) is 11.3. The van der Waals surface area contributed by atoms with Crippen LogP contribution in [0.4, 0.5) is 0 Å². The van der Waals surface area contributed by atoms with Crippen LogP contribution in [0.25, 0.3) is 0 Å². The molecule has 0 aromatic heterocycles. The maximum atomic E-state index is 5.08. The van der Waals surface area contributed by atoms with E-state index >= 15 is 0 Å². The first-order valence-corrected chi connectivity index (χ1v) is 5.33. The van der Waals surface area contributed by atoms with Gasteiger partial charge in [0.05, 0.1) is 6.61 Å². The SMILES string of the molecule is CNC(C)(C)Cc1ccc(COC)cc1. The van der Waals surface area contributed by atoms with Crippen molar-refractivity contribution < 1.29 is 4.74 Å². The summed E-state index contributed by atoms with van der Waals surface area (Å²) in [5, 5.41) is 3.30. The summed E-state index contributed by atoms with van der Waals surface area (Å²) in [6.07, 6.45) is 1.04. The lowest BCUT2D eigenvalue weighted by molar-refractivity contribution is 0.185. The smallest absolute Gasteiger partial charge is 0.0713 e. The van der Waals surface area contributed by atoms with Crippen molar-refractivity contribution in [1.29, 1.82) is 0 Å². The second-order valence-electron chi connectivity index (χ2n) is 4.56. The van der Waals surface area contributed by atoms with E-state index < -0.39 is 0 Å². The van der Waals surface area contributed by atoms with Gasteiger partial charge in [0.25, 0.3) is 0 Å². The molecule has 1 aromatic rings. The summed E-state index contributed by atoms with van der Waals surface area (Å²) in [5.74, 6) is 0. The van der Waals surface area contributed by atoms with E-state index in [1.807, 2.05) is 7.05 Å². The van der Waals surface area contributed by atoms with Gasteiger partial charge in [-0.15, -0.1) is 0 Å². The fourth-order valence-electron chi connectivity index (χ4n) is 1.52. The number of benzene rings is 1. The van der Waals surface area contributed by atoms with Crippen LogP contribution in [-0.2, 0) is 17.8 Å². The van der Waals surface area contributed by atoms with Crippen LogP contribution in [0.5, 0.6) is 0 Å². The maximum Gasteiger partial charge on any atom is 0.0713 e. The van der Waals surface area contributed by atoms with Crippen molar-refractivity contribution >= 4 is 0 Å². The van der Waals surface area contributed by atoms with Gasteiger partial charge in [0.15, 0.2) is 0 Å². The molecule has 0 unspecified atom stereocenters. The minimum atomic E-state index is 0.156. The third-order valence-corrected chi connectivity index (χ3v) is 2.66. The van der Waals surface area contributed by atoms with Crippen LogP contribution >= 0.6 is 0 Å². The summed E-state index contributed by atoms with van der Waals surface area (Å²) in [6.45, 7) is 5.10. The molecule has 2 nitrogen and oxygen atoms in total. The van der Waals surface area contributed by atoms with Gasteiger partial charge in [-0.05, 0) is 38.4 Å². The highest BCUT2D eigenvalue weighted by molar-refractivity contribution is 5.23. The van der Waals surface area contributed by atoms with Crippen molar-refractivity contribution in [3.63, 3.8) is 0 Å². The number of hydrogen-bond acceptors (Lipinski definition) is 2. The molecule has 1 rings (SSSR count). The minimum Gasteiger partial charge on any atom is -0.380 e. The molecular weight excluding hydrogens is 186 g/mol. The molecule has 0 aliphatic rings. The second-order valence-corrected chi connectivity index (χ2v) is 4.56. The molecule has 0 fully saturated rings. The number of nitrogens with one attached hydrogen (secondary N) is 1. The second kappa shape index (κ2) is 5.29. The van der Waals surface area contributed by atoms with E-state index in [1.165, 1.54) is 11.1 Å². The lowest BCUT2D eigenvalue weighted by Gasteiger charge is -2.24.